The van der Waals surface area contributed by atoms with Crippen molar-refractivity contribution < 1.29 is 23.9 Å². The van der Waals surface area contributed by atoms with Crippen LogP contribution in [-0.2, 0) is 19.1 Å². The molecule has 8 heteroatoms. The molecule has 1 aromatic carbocycles. The van der Waals surface area contributed by atoms with Crippen LogP contribution in [0.4, 0.5) is 5.00 Å². The zero-order valence-corrected chi connectivity index (χ0v) is 21.7. The molecule has 7 nitrogen and oxygen atoms in total. The first-order chi connectivity index (χ1) is 16.5. The summed E-state index contributed by atoms with van der Waals surface area (Å²) in [6.07, 6.45) is 1.33. The monoisotopic (exact) mass is 496 g/mol. The third-order valence-corrected chi connectivity index (χ3v) is 8.97. The number of nitrogens with zero attached hydrogens (tertiary/aromatic N) is 1. The highest BCUT2D eigenvalue weighted by Crippen LogP contribution is 2.60. The summed E-state index contributed by atoms with van der Waals surface area (Å²) in [6.45, 7) is 9.78. The van der Waals surface area contributed by atoms with E-state index in [0.29, 0.717) is 23.4 Å². The molecule has 2 aliphatic rings. The molecule has 1 aliphatic carbocycles. The van der Waals surface area contributed by atoms with Crippen LogP contribution in [0.5, 0.6) is 0 Å². The fourth-order valence-electron chi connectivity index (χ4n) is 5.50. The second kappa shape index (κ2) is 9.22. The van der Waals surface area contributed by atoms with E-state index in [4.69, 9.17) is 4.74 Å². The number of hydrogen-bond donors (Lipinski definition) is 1. The Labute approximate surface area is 209 Å². The zero-order chi connectivity index (χ0) is 25.5. The molecule has 2 fully saturated rings. The van der Waals surface area contributed by atoms with Crippen molar-refractivity contribution in [1.82, 2.24) is 4.90 Å². The number of carbonyl (C=O) groups is 4. The van der Waals surface area contributed by atoms with Crippen LogP contribution in [0.25, 0.3) is 11.1 Å². The van der Waals surface area contributed by atoms with Crippen molar-refractivity contribution in [2.24, 2.45) is 16.7 Å². The highest BCUT2D eigenvalue weighted by atomic mass is 32.1. The number of likely N-dealkylation sites (tertiary alicyclic amines) is 1. The second-order valence-electron chi connectivity index (χ2n) is 10.1. The molecule has 186 valence electrons. The fourth-order valence-corrected chi connectivity index (χ4v) is 6.58. The molecule has 2 aromatic rings. The minimum absolute atomic E-state index is 0.0241. The molecule has 35 heavy (non-hydrogen) atoms. The van der Waals surface area contributed by atoms with Gasteiger partial charge in [0.05, 0.1) is 12.0 Å². The summed E-state index contributed by atoms with van der Waals surface area (Å²) in [5, 5.41) is 3.25. The number of benzene rings is 1. The van der Waals surface area contributed by atoms with E-state index in [0.717, 1.165) is 16.0 Å². The van der Waals surface area contributed by atoms with E-state index >= 15 is 0 Å². The van der Waals surface area contributed by atoms with Gasteiger partial charge in [-0.25, -0.2) is 4.79 Å². The number of anilines is 1. The number of amides is 3. The second-order valence-corrected chi connectivity index (χ2v) is 11.3. The van der Waals surface area contributed by atoms with Gasteiger partial charge in [-0.1, -0.05) is 51.1 Å². The lowest BCUT2D eigenvalue weighted by molar-refractivity contribution is -0.167. The van der Waals surface area contributed by atoms with Crippen molar-refractivity contribution in [3.05, 3.63) is 40.8 Å². The summed E-state index contributed by atoms with van der Waals surface area (Å²) in [5.74, 6) is -1.46. The van der Waals surface area contributed by atoms with E-state index < -0.39 is 16.8 Å². The van der Waals surface area contributed by atoms with Gasteiger partial charge < -0.3 is 10.1 Å². The molecule has 0 spiro atoms. The molecule has 1 saturated carbocycles. The molecule has 2 atom stereocenters. The maximum Gasteiger partial charge on any atom is 0.341 e. The molecule has 0 radical (unpaired) electrons. The molecular formula is C27H32N2O5S. The number of hydrogen-bond acceptors (Lipinski definition) is 6. The minimum Gasteiger partial charge on any atom is -0.462 e. The Kier molecular flexibility index (Phi) is 6.62. The first-order valence-electron chi connectivity index (χ1n) is 12.0. The predicted octanol–water partition coefficient (Wildman–Crippen LogP) is 5.04. The Morgan fingerprint density at radius 2 is 1.86 bits per heavy atom. The molecule has 3 amide bonds. The lowest BCUT2D eigenvalue weighted by atomic mass is 9.62. The Morgan fingerprint density at radius 1 is 1.17 bits per heavy atom. The molecular weight excluding hydrogens is 464 g/mol. The molecule has 1 aliphatic heterocycles. The summed E-state index contributed by atoms with van der Waals surface area (Å²) < 4.78 is 5.29. The fraction of sp³-hybridized carbons (Fsp3) is 0.481. The van der Waals surface area contributed by atoms with Gasteiger partial charge in [0.15, 0.2) is 0 Å². The van der Waals surface area contributed by atoms with Gasteiger partial charge in [-0.3, -0.25) is 19.3 Å². The normalized spacial score (nSPS) is 22.9. The molecule has 2 unspecified atom stereocenters. The number of thiophene rings is 1. The van der Waals surface area contributed by atoms with E-state index in [1.807, 2.05) is 58.0 Å². The van der Waals surface area contributed by atoms with Crippen LogP contribution >= 0.6 is 11.3 Å². The van der Waals surface area contributed by atoms with Crippen LogP contribution < -0.4 is 5.32 Å². The Hall–Kier alpha value is -3.00. The Morgan fingerprint density at radius 3 is 2.51 bits per heavy atom. The van der Waals surface area contributed by atoms with Gasteiger partial charge >= 0.3 is 5.97 Å². The number of piperidine rings is 1. The average Bonchev–Trinajstić information content (AvgIpc) is 3.23. The van der Waals surface area contributed by atoms with Crippen molar-refractivity contribution in [2.45, 2.75) is 53.9 Å². The zero-order valence-electron chi connectivity index (χ0n) is 20.9. The van der Waals surface area contributed by atoms with Crippen molar-refractivity contribution >= 4 is 40.0 Å². The number of ether oxygens (including phenoxy) is 1. The summed E-state index contributed by atoms with van der Waals surface area (Å²) >= 11 is 1.31. The van der Waals surface area contributed by atoms with Gasteiger partial charge in [-0.05, 0) is 37.7 Å². The molecule has 4 rings (SSSR count). The molecule has 1 aromatic heterocycles. The highest BCUT2D eigenvalue weighted by molar-refractivity contribution is 7.17. The summed E-state index contributed by atoms with van der Waals surface area (Å²) in [4.78, 5) is 54.2. The van der Waals surface area contributed by atoms with Crippen LogP contribution in [-0.4, -0.2) is 41.7 Å². The summed E-state index contributed by atoms with van der Waals surface area (Å²) in [5.41, 5.74) is 0.926. The van der Waals surface area contributed by atoms with E-state index in [2.05, 4.69) is 5.32 Å². The maximum atomic E-state index is 13.2. The van der Waals surface area contributed by atoms with Gasteiger partial charge in [0.2, 0.25) is 17.7 Å². The smallest absolute Gasteiger partial charge is 0.341 e. The van der Waals surface area contributed by atoms with Gasteiger partial charge in [-0.2, -0.15) is 0 Å². The minimum atomic E-state index is -0.603. The van der Waals surface area contributed by atoms with E-state index in [-0.39, 0.29) is 43.2 Å². The average molecular weight is 497 g/mol. The first kappa shape index (κ1) is 25.1. The number of aryl methyl sites for hydroxylation is 1. The van der Waals surface area contributed by atoms with E-state index in [1.54, 1.807) is 6.92 Å². The lowest BCUT2D eigenvalue weighted by Gasteiger charge is -2.47. The van der Waals surface area contributed by atoms with Gasteiger partial charge in [0.1, 0.15) is 10.6 Å². The van der Waals surface area contributed by atoms with Crippen LogP contribution in [0.3, 0.4) is 0 Å². The molecule has 2 bridgehead atoms. The highest BCUT2D eigenvalue weighted by Gasteiger charge is 2.64. The third kappa shape index (κ3) is 4.07. The van der Waals surface area contributed by atoms with Crippen molar-refractivity contribution in [3.8, 4) is 11.1 Å². The van der Waals surface area contributed by atoms with Gasteiger partial charge in [0, 0.05) is 29.3 Å². The van der Waals surface area contributed by atoms with Crippen molar-refractivity contribution in [1.29, 1.82) is 0 Å². The quantitative estimate of drug-likeness (QED) is 0.428. The number of fused-ring (bicyclic) bond motifs is 2. The Balaban J connectivity index is 1.54. The summed E-state index contributed by atoms with van der Waals surface area (Å²) in [7, 11) is 0. The maximum absolute atomic E-state index is 13.2. The number of imide groups is 1. The SMILES string of the molecule is CCOC(=O)c1c(NC(=O)CCN2C(=O)C3CCC(C)(C2=O)C3(C)C)sc(C)c1-c1ccccc1. The standard InChI is InChI=1S/C27H32N2O5S/c1-6-34-24(32)21-20(17-10-8-7-9-11-17)16(2)35-22(21)28-19(30)13-15-29-23(31)18-12-14-27(5,25(29)33)26(18,3)4/h7-11,18H,6,12-15H2,1-5H3,(H,28,30). The largest absolute Gasteiger partial charge is 0.462 e. The number of esters is 1. The molecule has 1 N–H and O–H groups in total. The predicted molar refractivity (Wildman–Crippen MR) is 135 cm³/mol. The summed E-state index contributed by atoms with van der Waals surface area (Å²) in [6, 6.07) is 9.50. The number of carbonyl (C=O) groups excluding carboxylic acids is 4. The van der Waals surface area contributed by atoms with Gasteiger partial charge in [0.25, 0.3) is 0 Å². The number of rotatable bonds is 7. The molecule has 2 heterocycles. The number of nitrogens with one attached hydrogen (secondary N) is 1. The van der Waals surface area contributed by atoms with Gasteiger partial charge in [-0.15, -0.1) is 11.3 Å². The first-order valence-corrected chi connectivity index (χ1v) is 12.9. The van der Waals surface area contributed by atoms with Crippen LogP contribution in [0.1, 0.15) is 62.2 Å². The Bertz CT molecular complexity index is 1190. The van der Waals surface area contributed by atoms with E-state index in [1.165, 1.54) is 16.2 Å². The topological polar surface area (TPSA) is 92.8 Å². The molecule has 1 saturated heterocycles. The lowest BCUT2D eigenvalue weighted by Crippen LogP contribution is -2.59. The van der Waals surface area contributed by atoms with Crippen molar-refractivity contribution in [3.63, 3.8) is 0 Å². The van der Waals surface area contributed by atoms with Crippen LogP contribution in [0.15, 0.2) is 30.3 Å². The van der Waals surface area contributed by atoms with Crippen LogP contribution in [0, 0.1) is 23.7 Å². The van der Waals surface area contributed by atoms with Crippen LogP contribution in [0.2, 0.25) is 0 Å². The third-order valence-electron chi connectivity index (χ3n) is 7.95. The van der Waals surface area contributed by atoms with E-state index in [9.17, 15) is 19.2 Å². The van der Waals surface area contributed by atoms with Crippen molar-refractivity contribution in [2.75, 3.05) is 18.5 Å².